The molecule has 0 aliphatic heterocycles. The quantitative estimate of drug-likeness (QED) is 0.659. The molecule has 2 heteroatoms. The molecule has 0 aromatic rings. The number of hydrogen-bond acceptors (Lipinski definition) is 2. The summed E-state index contributed by atoms with van der Waals surface area (Å²) in [6.07, 6.45) is 3.96. The third-order valence-corrected chi connectivity index (χ3v) is 3.11. The van der Waals surface area contributed by atoms with Gasteiger partial charge in [-0.2, -0.15) is 0 Å². The lowest BCUT2D eigenvalue weighted by atomic mass is 10.1. The third-order valence-electron chi connectivity index (χ3n) is 2.50. The van der Waals surface area contributed by atoms with Gasteiger partial charge in [0.05, 0.1) is 0 Å². The van der Waals surface area contributed by atoms with E-state index in [-0.39, 0.29) is 0 Å². The molecule has 0 atom stereocenters. The predicted molar refractivity (Wildman–Crippen MR) is 83.9 cm³/mol. The van der Waals surface area contributed by atoms with Gasteiger partial charge in [-0.3, -0.25) is 0 Å². The summed E-state index contributed by atoms with van der Waals surface area (Å²) in [7, 11) is 0. The standard InChI is InChI=1S/C16H12S2/c1-17-11-9-13-5-3-4-6-15-14(10-12-18-2)7-8-16(13)15/h3-8H,1-2H3. The largest absolute Gasteiger partial charge is 0.0781 e. The molecule has 0 N–H and O–H groups in total. The van der Waals surface area contributed by atoms with E-state index in [1.165, 1.54) is 34.7 Å². The molecule has 0 spiro atoms. The highest BCUT2D eigenvalue weighted by atomic mass is 32.2. The van der Waals surface area contributed by atoms with Crippen molar-refractivity contribution in [1.29, 1.82) is 0 Å². The second-order valence-corrected chi connectivity index (χ2v) is 4.79. The lowest BCUT2D eigenvalue weighted by Gasteiger charge is -1.96. The van der Waals surface area contributed by atoms with Crippen molar-refractivity contribution in [2.45, 2.75) is 0 Å². The first-order valence-corrected chi connectivity index (χ1v) is 7.91. The minimum atomic E-state index is 1.06. The van der Waals surface area contributed by atoms with Crippen LogP contribution < -0.4 is 0 Å². The third kappa shape index (κ3) is 2.85. The molecular weight excluding hydrogens is 256 g/mol. The summed E-state index contributed by atoms with van der Waals surface area (Å²) in [6.45, 7) is 0. The lowest BCUT2D eigenvalue weighted by Crippen LogP contribution is -1.77. The normalized spacial score (nSPS) is 9.22. The van der Waals surface area contributed by atoms with Crippen LogP contribution in [-0.4, -0.2) is 12.5 Å². The van der Waals surface area contributed by atoms with Gasteiger partial charge in [0.25, 0.3) is 0 Å². The van der Waals surface area contributed by atoms with Gasteiger partial charge < -0.3 is 0 Å². The van der Waals surface area contributed by atoms with E-state index in [0.29, 0.717) is 0 Å². The van der Waals surface area contributed by atoms with Crippen molar-refractivity contribution >= 4 is 23.5 Å². The number of hydrogen-bond donors (Lipinski definition) is 0. The van der Waals surface area contributed by atoms with Crippen molar-refractivity contribution in [3.05, 3.63) is 47.5 Å². The molecule has 0 nitrogen and oxygen atoms in total. The Labute approximate surface area is 117 Å². The van der Waals surface area contributed by atoms with E-state index >= 15 is 0 Å². The van der Waals surface area contributed by atoms with Gasteiger partial charge in [-0.15, -0.1) is 0 Å². The molecule has 0 heterocycles. The summed E-state index contributed by atoms with van der Waals surface area (Å²) in [5.74, 6) is 6.36. The summed E-state index contributed by atoms with van der Waals surface area (Å²) < 4.78 is 0. The van der Waals surface area contributed by atoms with Crippen LogP contribution >= 0.6 is 23.5 Å². The molecule has 0 aromatic heterocycles. The summed E-state index contributed by atoms with van der Waals surface area (Å²) in [6, 6.07) is 12.4. The first-order chi connectivity index (χ1) is 8.86. The summed E-state index contributed by atoms with van der Waals surface area (Å²) in [5.41, 5.74) is 4.48. The van der Waals surface area contributed by atoms with E-state index in [4.69, 9.17) is 0 Å². The van der Waals surface area contributed by atoms with E-state index in [1.807, 2.05) is 24.6 Å². The van der Waals surface area contributed by atoms with Crippen LogP contribution in [0.25, 0.3) is 11.1 Å². The Kier molecular flexibility index (Phi) is 4.65. The molecule has 0 unspecified atom stereocenters. The topological polar surface area (TPSA) is 0 Å². The average Bonchev–Trinajstić information content (AvgIpc) is 2.67. The van der Waals surface area contributed by atoms with Crippen LogP contribution in [0.1, 0.15) is 11.1 Å². The Hall–Kier alpha value is -1.48. The molecule has 2 aliphatic rings. The van der Waals surface area contributed by atoms with Crippen molar-refractivity contribution in [3.8, 4) is 33.5 Å². The Morgan fingerprint density at radius 1 is 0.722 bits per heavy atom. The van der Waals surface area contributed by atoms with Crippen molar-refractivity contribution < 1.29 is 0 Å². The van der Waals surface area contributed by atoms with E-state index in [2.05, 4.69) is 46.6 Å². The van der Waals surface area contributed by atoms with Gasteiger partial charge in [-0.05, 0) is 46.3 Å². The molecule has 88 valence electrons. The van der Waals surface area contributed by atoms with Gasteiger partial charge in [-0.25, -0.2) is 0 Å². The molecule has 0 saturated heterocycles. The van der Waals surface area contributed by atoms with Crippen molar-refractivity contribution in [3.63, 3.8) is 0 Å². The number of fused-ring (bicyclic) bond motifs is 1. The molecule has 2 rings (SSSR count). The van der Waals surface area contributed by atoms with Gasteiger partial charge >= 0.3 is 0 Å². The predicted octanol–water partition coefficient (Wildman–Crippen LogP) is 4.14. The summed E-state index contributed by atoms with van der Waals surface area (Å²) in [5, 5.41) is 6.09. The van der Waals surface area contributed by atoms with E-state index in [0.717, 1.165) is 11.1 Å². The molecule has 0 amide bonds. The Morgan fingerprint density at radius 2 is 1.28 bits per heavy atom. The molecule has 0 saturated carbocycles. The highest BCUT2D eigenvalue weighted by molar-refractivity contribution is 8.03. The minimum Gasteiger partial charge on any atom is -0.0781 e. The maximum absolute atomic E-state index is 3.19. The van der Waals surface area contributed by atoms with E-state index in [1.54, 1.807) is 0 Å². The van der Waals surface area contributed by atoms with Crippen LogP contribution in [0.2, 0.25) is 0 Å². The molecule has 0 radical (unpaired) electrons. The first-order valence-electron chi connectivity index (χ1n) is 5.46. The number of rotatable bonds is 0. The Bertz CT molecular complexity index is 636. The van der Waals surface area contributed by atoms with E-state index in [9.17, 15) is 0 Å². The highest BCUT2D eigenvalue weighted by Crippen LogP contribution is 2.29. The fourth-order valence-electron chi connectivity index (χ4n) is 1.73. The monoisotopic (exact) mass is 268 g/mol. The fraction of sp³-hybridized carbons (Fsp3) is 0.125. The SMILES string of the molecule is CSC#Cc1ccc2c(C#CSC)ccccc1-2. The molecule has 0 aromatic carbocycles. The fourth-order valence-corrected chi connectivity index (χ4v) is 2.15. The zero-order chi connectivity index (χ0) is 12.8. The van der Waals surface area contributed by atoms with Crippen molar-refractivity contribution in [1.82, 2.24) is 0 Å². The van der Waals surface area contributed by atoms with Crippen molar-refractivity contribution in [2.75, 3.05) is 12.5 Å². The molecule has 0 bridgehead atoms. The Morgan fingerprint density at radius 3 is 1.94 bits per heavy atom. The highest BCUT2D eigenvalue weighted by Gasteiger charge is 2.09. The molecular formula is C16H12S2. The van der Waals surface area contributed by atoms with Gasteiger partial charge in [0.2, 0.25) is 0 Å². The van der Waals surface area contributed by atoms with Gasteiger partial charge in [0.1, 0.15) is 0 Å². The smallest absolute Gasteiger partial charge is 0.0333 e. The maximum Gasteiger partial charge on any atom is 0.0333 e. The van der Waals surface area contributed by atoms with Gasteiger partial charge in [0, 0.05) is 11.1 Å². The van der Waals surface area contributed by atoms with Crippen LogP contribution in [0.5, 0.6) is 0 Å². The van der Waals surface area contributed by atoms with E-state index < -0.39 is 0 Å². The maximum atomic E-state index is 3.19. The zero-order valence-electron chi connectivity index (χ0n) is 10.3. The lowest BCUT2D eigenvalue weighted by molar-refractivity contribution is 1.74. The average molecular weight is 268 g/mol. The molecule has 18 heavy (non-hydrogen) atoms. The molecule has 2 aliphatic carbocycles. The first kappa shape index (κ1) is 13.0. The minimum absolute atomic E-state index is 1.06. The Balaban J connectivity index is 2.55. The van der Waals surface area contributed by atoms with Crippen LogP contribution in [0.4, 0.5) is 0 Å². The second-order valence-electron chi connectivity index (χ2n) is 3.57. The van der Waals surface area contributed by atoms with Crippen LogP contribution in [0.15, 0.2) is 36.4 Å². The summed E-state index contributed by atoms with van der Waals surface area (Å²) >= 11 is 3.06. The van der Waals surface area contributed by atoms with Crippen LogP contribution in [0.3, 0.4) is 0 Å². The van der Waals surface area contributed by atoms with Crippen molar-refractivity contribution in [2.24, 2.45) is 0 Å². The number of thioether (sulfide) groups is 2. The van der Waals surface area contributed by atoms with Gasteiger partial charge in [0.15, 0.2) is 0 Å². The molecule has 0 fully saturated rings. The zero-order valence-corrected chi connectivity index (χ0v) is 11.9. The second kappa shape index (κ2) is 6.45. The summed E-state index contributed by atoms with van der Waals surface area (Å²) in [4.78, 5) is 0. The van der Waals surface area contributed by atoms with Crippen LogP contribution in [0, 0.1) is 22.3 Å². The van der Waals surface area contributed by atoms with Crippen LogP contribution in [-0.2, 0) is 0 Å². The van der Waals surface area contributed by atoms with Gasteiger partial charge in [-0.1, -0.05) is 59.6 Å².